The molecule has 1 heterocycles. The predicted molar refractivity (Wildman–Crippen MR) is 118 cm³/mol. The molecule has 33 heavy (non-hydrogen) atoms. The van der Waals surface area contributed by atoms with Crippen molar-refractivity contribution in [2.75, 3.05) is 11.9 Å². The highest BCUT2D eigenvalue weighted by Crippen LogP contribution is 2.40. The zero-order valence-corrected chi connectivity index (χ0v) is 17.5. The molecule has 0 spiro atoms. The summed E-state index contributed by atoms with van der Waals surface area (Å²) in [6, 6.07) is 15.2. The van der Waals surface area contributed by atoms with Gasteiger partial charge in [0.1, 0.15) is 5.82 Å². The Morgan fingerprint density at radius 1 is 0.939 bits per heavy atom. The van der Waals surface area contributed by atoms with E-state index in [2.05, 4.69) is 10.4 Å². The fourth-order valence-electron chi connectivity index (χ4n) is 4.36. The van der Waals surface area contributed by atoms with Gasteiger partial charge in [-0.3, -0.25) is 0 Å². The Bertz CT molecular complexity index is 1310. The number of hydrogen-bond acceptors (Lipinski definition) is 3. The number of alkyl halides is 3. The minimum atomic E-state index is -4.91. The number of aromatic nitrogens is 2. The van der Waals surface area contributed by atoms with Gasteiger partial charge in [-0.25, -0.2) is 9.07 Å². The number of aliphatic hydroxyl groups is 1. The second-order valence-corrected chi connectivity index (χ2v) is 8.36. The first-order valence-corrected chi connectivity index (χ1v) is 10.6. The Kier molecular flexibility index (Phi) is 5.12. The Morgan fingerprint density at radius 2 is 1.70 bits per heavy atom. The van der Waals surface area contributed by atoms with Gasteiger partial charge in [0, 0.05) is 11.1 Å². The molecule has 1 unspecified atom stereocenters. The van der Waals surface area contributed by atoms with Crippen molar-refractivity contribution in [1.29, 1.82) is 0 Å². The van der Waals surface area contributed by atoms with Crippen LogP contribution in [0.2, 0.25) is 0 Å². The third-order valence-electron chi connectivity index (χ3n) is 6.23. The molecule has 8 heteroatoms. The largest absolute Gasteiger partial charge is 0.423 e. The van der Waals surface area contributed by atoms with Crippen molar-refractivity contribution in [2.24, 2.45) is 0 Å². The first kappa shape index (κ1) is 21.5. The van der Waals surface area contributed by atoms with E-state index >= 15 is 0 Å². The monoisotopic (exact) mass is 455 g/mol. The van der Waals surface area contributed by atoms with E-state index in [1.807, 2.05) is 12.1 Å². The minimum Gasteiger partial charge on any atom is -0.381 e. The van der Waals surface area contributed by atoms with Crippen molar-refractivity contribution in [1.82, 2.24) is 9.78 Å². The molecular formula is C25H21F4N3O. The Balaban J connectivity index is 1.46. The number of rotatable bonds is 5. The summed E-state index contributed by atoms with van der Waals surface area (Å²) in [5, 5.41) is 18.3. The molecule has 0 amide bonds. The van der Waals surface area contributed by atoms with E-state index in [0.29, 0.717) is 22.3 Å². The zero-order chi connectivity index (χ0) is 23.2. The van der Waals surface area contributed by atoms with E-state index < -0.39 is 24.1 Å². The molecule has 1 aliphatic rings. The van der Waals surface area contributed by atoms with E-state index in [1.165, 1.54) is 58.9 Å². The van der Waals surface area contributed by atoms with E-state index in [-0.39, 0.29) is 5.56 Å². The molecule has 1 atom stereocenters. The van der Waals surface area contributed by atoms with E-state index in [1.54, 1.807) is 6.07 Å². The first-order valence-electron chi connectivity index (χ1n) is 10.6. The van der Waals surface area contributed by atoms with Gasteiger partial charge in [-0.15, -0.1) is 0 Å². The third kappa shape index (κ3) is 3.84. The molecule has 170 valence electrons. The normalized spacial score (nSPS) is 15.4. The number of benzene rings is 3. The lowest BCUT2D eigenvalue weighted by Crippen LogP contribution is -2.47. The maximum Gasteiger partial charge on any atom is 0.423 e. The fourth-order valence-corrected chi connectivity index (χ4v) is 4.36. The molecule has 1 aromatic heterocycles. The van der Waals surface area contributed by atoms with Crippen LogP contribution in [0.1, 0.15) is 23.1 Å². The summed E-state index contributed by atoms with van der Waals surface area (Å²) in [5.74, 6) is -0.399. The second kappa shape index (κ2) is 7.88. The average Bonchev–Trinajstić information content (AvgIpc) is 3.43. The Morgan fingerprint density at radius 3 is 2.45 bits per heavy atom. The number of nitrogens with one attached hydrogen (secondary N) is 1. The molecule has 0 saturated heterocycles. The maximum absolute atomic E-state index is 14.1. The molecule has 4 nitrogen and oxygen atoms in total. The molecular weight excluding hydrogens is 434 g/mol. The van der Waals surface area contributed by atoms with Crippen LogP contribution in [0, 0.1) is 5.82 Å². The number of nitrogens with zero attached hydrogens (tertiary/aromatic N) is 2. The zero-order valence-electron chi connectivity index (χ0n) is 17.5. The highest BCUT2D eigenvalue weighted by Gasteiger charge is 2.55. The van der Waals surface area contributed by atoms with Gasteiger partial charge in [-0.2, -0.15) is 18.3 Å². The molecule has 0 radical (unpaired) electrons. The number of fused-ring (bicyclic) bond motifs is 2. The molecule has 0 saturated carbocycles. The molecule has 0 fully saturated rings. The van der Waals surface area contributed by atoms with Gasteiger partial charge < -0.3 is 10.4 Å². The van der Waals surface area contributed by atoms with Crippen molar-refractivity contribution in [3.63, 3.8) is 0 Å². The van der Waals surface area contributed by atoms with Crippen molar-refractivity contribution in [3.05, 3.63) is 89.4 Å². The minimum absolute atomic E-state index is 0.283. The van der Waals surface area contributed by atoms with Gasteiger partial charge in [0.25, 0.3) is 0 Å². The van der Waals surface area contributed by atoms with Gasteiger partial charge >= 0.3 is 6.18 Å². The summed E-state index contributed by atoms with van der Waals surface area (Å²) in [5.41, 5.74) is 0.627. The molecule has 0 aliphatic heterocycles. The summed E-state index contributed by atoms with van der Waals surface area (Å²) in [7, 11) is 0. The molecule has 0 bridgehead atoms. The number of hydrogen-bond donors (Lipinski definition) is 2. The number of anilines is 1. The maximum atomic E-state index is 14.1. The van der Waals surface area contributed by atoms with Crippen LogP contribution in [0.15, 0.2) is 66.9 Å². The van der Waals surface area contributed by atoms with Crippen LogP contribution < -0.4 is 5.32 Å². The average molecular weight is 455 g/mol. The molecule has 2 N–H and O–H groups in total. The van der Waals surface area contributed by atoms with Crippen molar-refractivity contribution in [3.8, 4) is 5.69 Å². The summed E-state index contributed by atoms with van der Waals surface area (Å²) >= 11 is 0. The molecule has 5 rings (SSSR count). The van der Waals surface area contributed by atoms with Crippen molar-refractivity contribution in [2.45, 2.75) is 31.0 Å². The fraction of sp³-hybridized carbons (Fsp3) is 0.240. The third-order valence-corrected chi connectivity index (χ3v) is 6.23. The van der Waals surface area contributed by atoms with Gasteiger partial charge in [0.15, 0.2) is 0 Å². The van der Waals surface area contributed by atoms with Gasteiger partial charge in [0.05, 0.1) is 23.9 Å². The van der Waals surface area contributed by atoms with Crippen LogP contribution in [0.3, 0.4) is 0 Å². The van der Waals surface area contributed by atoms with Crippen LogP contribution in [-0.4, -0.2) is 27.6 Å². The second-order valence-electron chi connectivity index (χ2n) is 8.36. The molecule has 4 aromatic rings. The first-order chi connectivity index (χ1) is 15.7. The van der Waals surface area contributed by atoms with Gasteiger partial charge in [-0.05, 0) is 84.5 Å². The lowest BCUT2D eigenvalue weighted by Gasteiger charge is -2.31. The highest BCUT2D eigenvalue weighted by atomic mass is 19.4. The standard InChI is InChI=1S/C25H21F4N3O/c26-20-6-9-22(10-7-20)32-23-11-5-19(12-18(23)14-31-32)24(33,25(27,28)29)15-30-21-8-4-16-2-1-3-17(16)13-21/h4-14,30,33H,1-3,15H2. The van der Waals surface area contributed by atoms with Crippen LogP contribution in [0.5, 0.6) is 0 Å². The Labute approximate surface area is 187 Å². The summed E-state index contributed by atoms with van der Waals surface area (Å²) in [6.07, 6.45) is -0.558. The summed E-state index contributed by atoms with van der Waals surface area (Å²) < 4.78 is 57.0. The number of aryl methyl sites for hydroxylation is 2. The lowest BCUT2D eigenvalue weighted by molar-refractivity contribution is -0.260. The number of halogens is 4. The lowest BCUT2D eigenvalue weighted by atomic mass is 9.91. The van der Waals surface area contributed by atoms with E-state index in [9.17, 15) is 22.7 Å². The summed E-state index contributed by atoms with van der Waals surface area (Å²) in [4.78, 5) is 0. The Hall–Kier alpha value is -3.39. The van der Waals surface area contributed by atoms with Gasteiger partial charge in [-0.1, -0.05) is 12.1 Å². The van der Waals surface area contributed by atoms with Crippen molar-refractivity contribution < 1.29 is 22.7 Å². The van der Waals surface area contributed by atoms with Crippen LogP contribution >= 0.6 is 0 Å². The van der Waals surface area contributed by atoms with Crippen molar-refractivity contribution >= 4 is 16.6 Å². The SMILES string of the molecule is OC(CNc1ccc2c(c1)CCC2)(c1ccc2c(cnn2-c2ccc(F)cc2)c1)C(F)(F)F. The quantitative estimate of drug-likeness (QED) is 0.390. The topological polar surface area (TPSA) is 50.1 Å². The van der Waals surface area contributed by atoms with Crippen LogP contribution in [-0.2, 0) is 18.4 Å². The van der Waals surface area contributed by atoms with Crippen LogP contribution in [0.4, 0.5) is 23.2 Å². The highest BCUT2D eigenvalue weighted by molar-refractivity contribution is 5.81. The predicted octanol–water partition coefficient (Wildman–Crippen LogP) is 5.52. The molecule has 3 aromatic carbocycles. The van der Waals surface area contributed by atoms with Gasteiger partial charge in [0.2, 0.25) is 5.60 Å². The smallest absolute Gasteiger partial charge is 0.381 e. The van der Waals surface area contributed by atoms with E-state index in [4.69, 9.17) is 0 Å². The van der Waals surface area contributed by atoms with Crippen LogP contribution in [0.25, 0.3) is 16.6 Å². The van der Waals surface area contributed by atoms with E-state index in [0.717, 1.165) is 24.8 Å². The molecule has 1 aliphatic carbocycles. The summed E-state index contributed by atoms with van der Waals surface area (Å²) in [6.45, 7) is -0.729.